The van der Waals surface area contributed by atoms with Crippen LogP contribution in [-0.4, -0.2) is 41.1 Å². The number of carbonyl (C=O) groups is 3. The monoisotopic (exact) mass is 322 g/mol. The lowest BCUT2D eigenvalue weighted by Crippen LogP contribution is -2.29. The van der Waals surface area contributed by atoms with Gasteiger partial charge in [-0.3, -0.25) is 19.3 Å². The lowest BCUT2D eigenvalue weighted by molar-refractivity contribution is 0.0642. The van der Waals surface area contributed by atoms with Crippen molar-refractivity contribution in [1.29, 1.82) is 0 Å². The Bertz CT molecular complexity index is 794. The fraction of sp³-hybridized carbons (Fsp3) is 0.211. The maximum absolute atomic E-state index is 12.4. The van der Waals surface area contributed by atoms with E-state index >= 15 is 0 Å². The van der Waals surface area contributed by atoms with E-state index in [1.54, 1.807) is 54.4 Å². The fourth-order valence-electron chi connectivity index (χ4n) is 2.73. The molecule has 5 heteroatoms. The number of fused-ring (bicyclic) bond motifs is 1. The molecule has 122 valence electrons. The van der Waals surface area contributed by atoms with Crippen LogP contribution in [0.15, 0.2) is 48.5 Å². The van der Waals surface area contributed by atoms with Gasteiger partial charge in [-0.1, -0.05) is 24.3 Å². The molecule has 0 radical (unpaired) electrons. The standard InChI is InChI=1S/C19H18N2O3/c1-3-20(2)17(22)14-8-6-7-13(11-14)12-21-18(23)15-9-4-5-10-16(15)19(21)24/h4-11H,3,12H2,1-2H3. The zero-order valence-corrected chi connectivity index (χ0v) is 13.7. The van der Waals surface area contributed by atoms with Crippen LogP contribution in [0.25, 0.3) is 0 Å². The molecule has 0 N–H and O–H groups in total. The van der Waals surface area contributed by atoms with Crippen LogP contribution in [0, 0.1) is 0 Å². The molecule has 1 heterocycles. The van der Waals surface area contributed by atoms with Crippen molar-refractivity contribution in [2.45, 2.75) is 13.5 Å². The van der Waals surface area contributed by atoms with Crippen LogP contribution in [0.1, 0.15) is 43.6 Å². The highest BCUT2D eigenvalue weighted by Crippen LogP contribution is 2.24. The van der Waals surface area contributed by atoms with Gasteiger partial charge in [-0.05, 0) is 36.8 Å². The quantitative estimate of drug-likeness (QED) is 0.813. The topological polar surface area (TPSA) is 57.7 Å². The first-order valence-electron chi connectivity index (χ1n) is 7.82. The molecular weight excluding hydrogens is 304 g/mol. The van der Waals surface area contributed by atoms with E-state index in [0.29, 0.717) is 23.2 Å². The maximum atomic E-state index is 12.4. The third-order valence-electron chi connectivity index (χ3n) is 4.21. The first-order chi connectivity index (χ1) is 11.5. The third kappa shape index (κ3) is 2.69. The minimum atomic E-state index is -0.294. The van der Waals surface area contributed by atoms with E-state index in [4.69, 9.17) is 0 Å². The summed E-state index contributed by atoms with van der Waals surface area (Å²) >= 11 is 0. The molecule has 5 nitrogen and oxygen atoms in total. The van der Waals surface area contributed by atoms with Crippen LogP contribution in [0.3, 0.4) is 0 Å². The molecule has 0 atom stereocenters. The molecule has 0 aromatic heterocycles. The summed E-state index contributed by atoms with van der Waals surface area (Å²) in [5.41, 5.74) is 2.16. The molecule has 0 unspecified atom stereocenters. The van der Waals surface area contributed by atoms with Crippen LogP contribution in [0.5, 0.6) is 0 Å². The molecule has 1 aliphatic rings. The normalized spacial score (nSPS) is 13.2. The van der Waals surface area contributed by atoms with Crippen LogP contribution in [-0.2, 0) is 6.54 Å². The van der Waals surface area contributed by atoms with Gasteiger partial charge in [-0.2, -0.15) is 0 Å². The SMILES string of the molecule is CCN(C)C(=O)c1cccc(CN2C(=O)c3ccccc3C2=O)c1. The van der Waals surface area contributed by atoms with Crippen molar-refractivity contribution in [3.63, 3.8) is 0 Å². The average Bonchev–Trinajstić information content (AvgIpc) is 2.86. The lowest BCUT2D eigenvalue weighted by Gasteiger charge is -2.17. The fourth-order valence-corrected chi connectivity index (χ4v) is 2.73. The molecule has 0 spiro atoms. The van der Waals surface area contributed by atoms with Crippen molar-refractivity contribution < 1.29 is 14.4 Å². The molecule has 2 aromatic rings. The van der Waals surface area contributed by atoms with Crippen molar-refractivity contribution in [3.8, 4) is 0 Å². The molecule has 24 heavy (non-hydrogen) atoms. The number of nitrogens with zero attached hydrogens (tertiary/aromatic N) is 2. The van der Waals surface area contributed by atoms with Gasteiger partial charge in [0.25, 0.3) is 17.7 Å². The Morgan fingerprint density at radius 2 is 1.62 bits per heavy atom. The Kier molecular flexibility index (Phi) is 4.16. The van der Waals surface area contributed by atoms with E-state index in [0.717, 1.165) is 5.56 Å². The van der Waals surface area contributed by atoms with Crippen LogP contribution in [0.4, 0.5) is 0 Å². The summed E-state index contributed by atoms with van der Waals surface area (Å²) < 4.78 is 0. The highest BCUT2D eigenvalue weighted by Gasteiger charge is 2.34. The third-order valence-corrected chi connectivity index (χ3v) is 4.21. The number of rotatable bonds is 4. The van der Waals surface area contributed by atoms with Gasteiger partial charge in [0.15, 0.2) is 0 Å². The van der Waals surface area contributed by atoms with Crippen LogP contribution < -0.4 is 0 Å². The molecule has 0 saturated heterocycles. The second-order valence-corrected chi connectivity index (χ2v) is 5.76. The zero-order valence-electron chi connectivity index (χ0n) is 13.7. The molecule has 3 rings (SSSR count). The summed E-state index contributed by atoms with van der Waals surface area (Å²) in [6.45, 7) is 2.67. The van der Waals surface area contributed by atoms with Crippen molar-refractivity contribution >= 4 is 17.7 Å². The van der Waals surface area contributed by atoms with Gasteiger partial charge in [-0.15, -0.1) is 0 Å². The van der Waals surface area contributed by atoms with E-state index in [-0.39, 0.29) is 24.3 Å². The first kappa shape index (κ1) is 15.9. The molecular formula is C19H18N2O3. The predicted molar refractivity (Wildman–Crippen MR) is 89.7 cm³/mol. The number of hydrogen-bond donors (Lipinski definition) is 0. The van der Waals surface area contributed by atoms with Gasteiger partial charge in [0.05, 0.1) is 17.7 Å². The van der Waals surface area contributed by atoms with E-state index < -0.39 is 0 Å². The molecule has 0 aliphatic carbocycles. The Morgan fingerprint density at radius 3 is 2.21 bits per heavy atom. The lowest BCUT2D eigenvalue weighted by atomic mass is 10.1. The Balaban J connectivity index is 1.84. The number of imide groups is 1. The van der Waals surface area contributed by atoms with Crippen molar-refractivity contribution in [3.05, 3.63) is 70.8 Å². The number of carbonyl (C=O) groups excluding carboxylic acids is 3. The van der Waals surface area contributed by atoms with Crippen molar-refractivity contribution in [2.75, 3.05) is 13.6 Å². The van der Waals surface area contributed by atoms with Crippen molar-refractivity contribution in [2.24, 2.45) is 0 Å². The highest BCUT2D eigenvalue weighted by atomic mass is 16.2. The maximum Gasteiger partial charge on any atom is 0.261 e. The summed E-state index contributed by atoms with van der Waals surface area (Å²) in [4.78, 5) is 39.9. The molecule has 1 aliphatic heterocycles. The van der Waals surface area contributed by atoms with Crippen LogP contribution >= 0.6 is 0 Å². The Morgan fingerprint density at radius 1 is 1.00 bits per heavy atom. The summed E-state index contributed by atoms with van der Waals surface area (Å²) in [7, 11) is 1.74. The smallest absolute Gasteiger partial charge is 0.261 e. The Hall–Kier alpha value is -2.95. The van der Waals surface area contributed by atoms with Gasteiger partial charge < -0.3 is 4.90 Å². The van der Waals surface area contributed by atoms with Gasteiger partial charge in [0.1, 0.15) is 0 Å². The summed E-state index contributed by atoms with van der Waals surface area (Å²) in [6, 6.07) is 13.9. The number of benzene rings is 2. The van der Waals surface area contributed by atoms with E-state index in [1.807, 2.05) is 13.0 Å². The van der Waals surface area contributed by atoms with Gasteiger partial charge in [0.2, 0.25) is 0 Å². The summed E-state index contributed by atoms with van der Waals surface area (Å²) in [6.07, 6.45) is 0. The molecule has 2 aromatic carbocycles. The van der Waals surface area contributed by atoms with E-state index in [9.17, 15) is 14.4 Å². The number of hydrogen-bond acceptors (Lipinski definition) is 3. The minimum Gasteiger partial charge on any atom is -0.342 e. The molecule has 3 amide bonds. The average molecular weight is 322 g/mol. The second kappa shape index (κ2) is 6.28. The van der Waals surface area contributed by atoms with E-state index in [1.165, 1.54) is 4.90 Å². The van der Waals surface area contributed by atoms with Gasteiger partial charge in [-0.25, -0.2) is 0 Å². The van der Waals surface area contributed by atoms with Crippen molar-refractivity contribution in [1.82, 2.24) is 9.80 Å². The Labute approximate surface area is 140 Å². The summed E-state index contributed by atoms with van der Waals surface area (Å²) in [5, 5.41) is 0. The highest BCUT2D eigenvalue weighted by molar-refractivity contribution is 6.21. The molecule has 0 saturated carbocycles. The second-order valence-electron chi connectivity index (χ2n) is 5.76. The zero-order chi connectivity index (χ0) is 17.3. The molecule has 0 bridgehead atoms. The van der Waals surface area contributed by atoms with Gasteiger partial charge >= 0.3 is 0 Å². The summed E-state index contributed by atoms with van der Waals surface area (Å²) in [5.74, 6) is -0.669. The van der Waals surface area contributed by atoms with Gasteiger partial charge in [0, 0.05) is 19.2 Å². The first-order valence-corrected chi connectivity index (χ1v) is 7.82. The van der Waals surface area contributed by atoms with E-state index in [2.05, 4.69) is 0 Å². The predicted octanol–water partition coefficient (Wildman–Crippen LogP) is 2.57. The molecule has 0 fully saturated rings. The minimum absolute atomic E-state index is 0.0817. The van der Waals surface area contributed by atoms with Crippen LogP contribution in [0.2, 0.25) is 0 Å². The number of amides is 3. The largest absolute Gasteiger partial charge is 0.342 e.